The summed E-state index contributed by atoms with van der Waals surface area (Å²) >= 11 is 0. The Morgan fingerprint density at radius 2 is 1.83 bits per heavy atom. The highest BCUT2D eigenvalue weighted by molar-refractivity contribution is 7.89. The lowest BCUT2D eigenvalue weighted by Gasteiger charge is -2.06. The summed E-state index contributed by atoms with van der Waals surface area (Å²) in [6, 6.07) is 5.87. The minimum absolute atomic E-state index is 0.149. The highest BCUT2D eigenvalue weighted by Crippen LogP contribution is 2.12. The van der Waals surface area contributed by atoms with Crippen LogP contribution in [0.1, 0.15) is 35.7 Å². The van der Waals surface area contributed by atoms with E-state index in [1.54, 1.807) is 18.5 Å². The van der Waals surface area contributed by atoms with Crippen molar-refractivity contribution >= 4 is 21.9 Å². The molecular formula is C17H19N3O3S. The van der Waals surface area contributed by atoms with Gasteiger partial charge in [-0.2, -0.15) is 0 Å². The highest BCUT2D eigenvalue weighted by Gasteiger charge is 2.13. The number of nitrogens with one attached hydrogen (secondary N) is 1. The second-order valence-corrected chi connectivity index (χ2v) is 6.91. The van der Waals surface area contributed by atoms with Gasteiger partial charge in [-0.25, -0.2) is 23.1 Å². The molecule has 0 aliphatic rings. The van der Waals surface area contributed by atoms with Gasteiger partial charge >= 0.3 is 0 Å². The van der Waals surface area contributed by atoms with Crippen molar-refractivity contribution in [3.05, 3.63) is 60.2 Å². The average molecular weight is 345 g/mol. The second kappa shape index (κ2) is 8.47. The number of sulfonamides is 1. The van der Waals surface area contributed by atoms with E-state index < -0.39 is 10.0 Å². The van der Waals surface area contributed by atoms with Crippen molar-refractivity contribution in [2.75, 3.05) is 6.54 Å². The first kappa shape index (κ1) is 18.0. The number of hydrogen-bond donors (Lipinski definition) is 1. The van der Waals surface area contributed by atoms with Gasteiger partial charge in [-0.1, -0.05) is 13.3 Å². The predicted molar refractivity (Wildman–Crippen MR) is 91.9 cm³/mol. The zero-order valence-corrected chi connectivity index (χ0v) is 14.2. The van der Waals surface area contributed by atoms with Crippen LogP contribution in [0.5, 0.6) is 0 Å². The molecule has 0 fully saturated rings. The van der Waals surface area contributed by atoms with Crippen LogP contribution in [0.15, 0.2) is 54.0 Å². The molecule has 2 rings (SSSR count). The van der Waals surface area contributed by atoms with E-state index in [-0.39, 0.29) is 10.7 Å². The lowest BCUT2D eigenvalue weighted by Crippen LogP contribution is -2.24. The van der Waals surface area contributed by atoms with Crippen LogP contribution in [-0.4, -0.2) is 30.7 Å². The molecular weight excluding hydrogens is 326 g/mol. The van der Waals surface area contributed by atoms with Crippen LogP contribution in [0.2, 0.25) is 0 Å². The maximum absolute atomic E-state index is 12.1. The number of aromatic nitrogens is 2. The van der Waals surface area contributed by atoms with Crippen LogP contribution in [0.25, 0.3) is 6.08 Å². The molecule has 0 saturated heterocycles. The van der Waals surface area contributed by atoms with E-state index in [0.29, 0.717) is 17.7 Å². The number of benzene rings is 1. The number of hydrogen-bond acceptors (Lipinski definition) is 5. The van der Waals surface area contributed by atoms with Crippen LogP contribution in [-0.2, 0) is 10.0 Å². The largest absolute Gasteiger partial charge is 0.289 e. The molecule has 0 radical (unpaired) electrons. The Bertz CT molecular complexity index is 801. The topological polar surface area (TPSA) is 89.0 Å². The Hall–Kier alpha value is -2.38. The van der Waals surface area contributed by atoms with Crippen molar-refractivity contribution in [1.29, 1.82) is 0 Å². The van der Waals surface area contributed by atoms with E-state index in [1.165, 1.54) is 36.7 Å². The second-order valence-electron chi connectivity index (χ2n) is 5.15. The predicted octanol–water partition coefficient (Wildman–Crippen LogP) is 2.45. The first-order valence-corrected chi connectivity index (χ1v) is 9.08. The molecule has 0 aliphatic heterocycles. The van der Waals surface area contributed by atoms with Crippen molar-refractivity contribution in [1.82, 2.24) is 14.7 Å². The average Bonchev–Trinajstić information content (AvgIpc) is 2.61. The van der Waals surface area contributed by atoms with E-state index in [0.717, 1.165) is 12.8 Å². The van der Waals surface area contributed by atoms with Crippen LogP contribution >= 0.6 is 0 Å². The summed E-state index contributed by atoms with van der Waals surface area (Å²) in [5.41, 5.74) is 1.13. The minimum Gasteiger partial charge on any atom is -0.289 e. The standard InChI is InChI=1S/C17H19N3O3S/c1-2-3-10-20-24(22,23)16-7-5-15(6-8-16)17(21)9-4-14-11-18-13-19-12-14/h4-9,11-13,20H,2-3,10H2,1H3/b9-4+. The Morgan fingerprint density at radius 1 is 1.17 bits per heavy atom. The zero-order chi connectivity index (χ0) is 17.4. The van der Waals surface area contributed by atoms with E-state index in [9.17, 15) is 13.2 Å². The van der Waals surface area contributed by atoms with Gasteiger partial charge in [0.15, 0.2) is 5.78 Å². The van der Waals surface area contributed by atoms with Gasteiger partial charge in [0.2, 0.25) is 10.0 Å². The molecule has 0 atom stereocenters. The SMILES string of the molecule is CCCCNS(=O)(=O)c1ccc(C(=O)/C=C/c2cncnc2)cc1. The maximum Gasteiger partial charge on any atom is 0.240 e. The number of carbonyl (C=O) groups excluding carboxylic acids is 1. The quantitative estimate of drug-likeness (QED) is 0.451. The fraction of sp³-hybridized carbons (Fsp3) is 0.235. The summed E-state index contributed by atoms with van der Waals surface area (Å²) < 4.78 is 26.7. The van der Waals surface area contributed by atoms with Gasteiger partial charge in [0.25, 0.3) is 0 Å². The Kier molecular flexibility index (Phi) is 6.34. The smallest absolute Gasteiger partial charge is 0.240 e. The number of carbonyl (C=O) groups is 1. The Balaban J connectivity index is 2.06. The fourth-order valence-electron chi connectivity index (χ4n) is 1.93. The van der Waals surface area contributed by atoms with Crippen LogP contribution in [0, 0.1) is 0 Å². The van der Waals surface area contributed by atoms with Crippen molar-refractivity contribution < 1.29 is 13.2 Å². The molecule has 126 valence electrons. The van der Waals surface area contributed by atoms with Crippen LogP contribution in [0.3, 0.4) is 0 Å². The van der Waals surface area contributed by atoms with Gasteiger partial charge in [0, 0.05) is 30.1 Å². The normalized spacial score (nSPS) is 11.7. The number of nitrogens with zero attached hydrogens (tertiary/aromatic N) is 2. The molecule has 0 spiro atoms. The van der Waals surface area contributed by atoms with E-state index in [4.69, 9.17) is 0 Å². The van der Waals surface area contributed by atoms with Gasteiger partial charge in [0.05, 0.1) is 4.90 Å². The van der Waals surface area contributed by atoms with Gasteiger partial charge in [-0.3, -0.25) is 4.79 Å². The molecule has 7 heteroatoms. The monoisotopic (exact) mass is 345 g/mol. The summed E-state index contributed by atoms with van der Waals surface area (Å²) in [4.78, 5) is 20.0. The molecule has 0 amide bonds. The molecule has 1 aromatic heterocycles. The molecule has 1 N–H and O–H groups in total. The zero-order valence-electron chi connectivity index (χ0n) is 13.3. The molecule has 0 bridgehead atoms. The Labute approximate surface area is 141 Å². The molecule has 1 heterocycles. The minimum atomic E-state index is -3.53. The van der Waals surface area contributed by atoms with Gasteiger partial charge < -0.3 is 0 Å². The molecule has 1 aromatic carbocycles. The van der Waals surface area contributed by atoms with Crippen molar-refractivity contribution in [2.24, 2.45) is 0 Å². The van der Waals surface area contributed by atoms with E-state index >= 15 is 0 Å². The first-order chi connectivity index (χ1) is 11.5. The number of rotatable bonds is 8. The molecule has 24 heavy (non-hydrogen) atoms. The number of unbranched alkanes of at least 4 members (excludes halogenated alkanes) is 1. The molecule has 6 nitrogen and oxygen atoms in total. The van der Waals surface area contributed by atoms with Crippen molar-refractivity contribution in [3.8, 4) is 0 Å². The third-order valence-electron chi connectivity index (χ3n) is 3.28. The molecule has 0 aliphatic carbocycles. The summed E-state index contributed by atoms with van der Waals surface area (Å²) in [5, 5.41) is 0. The summed E-state index contributed by atoms with van der Waals surface area (Å²) in [7, 11) is -3.53. The van der Waals surface area contributed by atoms with Crippen LogP contribution in [0.4, 0.5) is 0 Å². The van der Waals surface area contributed by atoms with Crippen LogP contribution < -0.4 is 4.72 Å². The maximum atomic E-state index is 12.1. The van der Waals surface area contributed by atoms with E-state index in [2.05, 4.69) is 14.7 Å². The van der Waals surface area contributed by atoms with Gasteiger partial charge in [-0.15, -0.1) is 0 Å². The van der Waals surface area contributed by atoms with E-state index in [1.807, 2.05) is 6.92 Å². The number of allylic oxidation sites excluding steroid dienone is 1. The van der Waals surface area contributed by atoms with Crippen molar-refractivity contribution in [2.45, 2.75) is 24.7 Å². The molecule has 0 unspecified atom stereocenters. The highest BCUT2D eigenvalue weighted by atomic mass is 32.2. The lowest BCUT2D eigenvalue weighted by atomic mass is 10.1. The van der Waals surface area contributed by atoms with Crippen molar-refractivity contribution in [3.63, 3.8) is 0 Å². The Morgan fingerprint density at radius 3 is 2.46 bits per heavy atom. The fourth-order valence-corrected chi connectivity index (χ4v) is 3.00. The first-order valence-electron chi connectivity index (χ1n) is 7.60. The van der Waals surface area contributed by atoms with Gasteiger partial charge in [-0.05, 0) is 42.8 Å². The van der Waals surface area contributed by atoms with Gasteiger partial charge in [0.1, 0.15) is 6.33 Å². The molecule has 2 aromatic rings. The third-order valence-corrected chi connectivity index (χ3v) is 4.76. The summed E-state index contributed by atoms with van der Waals surface area (Å²) in [6.07, 6.45) is 9.30. The summed E-state index contributed by atoms with van der Waals surface area (Å²) in [5.74, 6) is -0.221. The molecule has 0 saturated carbocycles. The number of ketones is 1. The lowest BCUT2D eigenvalue weighted by molar-refractivity contribution is 0.104. The third kappa shape index (κ3) is 5.07. The summed E-state index contributed by atoms with van der Waals surface area (Å²) in [6.45, 7) is 2.39.